The van der Waals surface area contributed by atoms with E-state index in [2.05, 4.69) is 103 Å². The number of hydrogen-bond acceptors (Lipinski definition) is 3. The standard InChI is InChI=1S/C47H33N3/c1-30-17-21-32(22-18-30)45-48-46(33-23-19-31(2)20-24-33)50-47(49-45)38-12-8-11-36(28-38)34-9-7-10-35(27-34)37-25-26-43-41-15-4-3-13-39(41)40-14-5-6-16-42(40)44(43)29-37/h3-29H,1-2H3/i1D3. The van der Waals surface area contributed by atoms with Gasteiger partial charge in [0.25, 0.3) is 0 Å². The summed E-state index contributed by atoms with van der Waals surface area (Å²) in [6.45, 7) is -0.143. The molecule has 9 rings (SSSR count). The van der Waals surface area contributed by atoms with Crippen molar-refractivity contribution in [3.8, 4) is 56.4 Å². The van der Waals surface area contributed by atoms with E-state index in [0.29, 0.717) is 17.5 Å². The molecule has 1 aromatic heterocycles. The normalized spacial score (nSPS) is 12.5. The van der Waals surface area contributed by atoms with Crippen molar-refractivity contribution in [2.75, 3.05) is 0 Å². The fourth-order valence-corrected chi connectivity index (χ4v) is 6.89. The van der Waals surface area contributed by atoms with Crippen LogP contribution in [0.25, 0.3) is 88.7 Å². The van der Waals surface area contributed by atoms with E-state index in [1.165, 1.54) is 32.3 Å². The third-order valence-corrected chi connectivity index (χ3v) is 9.48. The van der Waals surface area contributed by atoms with Crippen LogP contribution >= 0.6 is 0 Å². The van der Waals surface area contributed by atoms with E-state index in [1.54, 1.807) is 24.3 Å². The summed E-state index contributed by atoms with van der Waals surface area (Å²) in [5.41, 5.74) is 8.28. The summed E-state index contributed by atoms with van der Waals surface area (Å²) >= 11 is 0. The fraction of sp³-hybridized carbons (Fsp3) is 0.0426. The Bertz CT molecular complexity index is 2790. The van der Waals surface area contributed by atoms with Crippen LogP contribution in [0.1, 0.15) is 15.2 Å². The van der Waals surface area contributed by atoms with Crippen molar-refractivity contribution in [1.29, 1.82) is 0 Å². The third-order valence-electron chi connectivity index (χ3n) is 9.48. The van der Waals surface area contributed by atoms with E-state index in [9.17, 15) is 0 Å². The predicted molar refractivity (Wildman–Crippen MR) is 209 cm³/mol. The summed E-state index contributed by atoms with van der Waals surface area (Å²) in [6, 6.07) is 55.9. The lowest BCUT2D eigenvalue weighted by atomic mass is 9.91. The molecule has 0 atom stereocenters. The average molecular weight is 643 g/mol. The lowest BCUT2D eigenvalue weighted by Crippen LogP contribution is -2.00. The zero-order valence-electron chi connectivity index (χ0n) is 30.4. The molecule has 1 heterocycles. The van der Waals surface area contributed by atoms with Gasteiger partial charge in [0, 0.05) is 20.8 Å². The zero-order chi connectivity index (χ0) is 36.1. The van der Waals surface area contributed by atoms with Gasteiger partial charge in [0.2, 0.25) is 0 Å². The first-order chi connectivity index (χ1) is 25.8. The molecule has 0 aliphatic heterocycles. The molecule has 0 saturated carbocycles. The molecular weight excluding hydrogens is 607 g/mol. The van der Waals surface area contributed by atoms with Crippen molar-refractivity contribution in [3.05, 3.63) is 175 Å². The lowest BCUT2D eigenvalue weighted by molar-refractivity contribution is 1.07. The van der Waals surface area contributed by atoms with Crippen LogP contribution in [0, 0.1) is 13.8 Å². The molecule has 236 valence electrons. The van der Waals surface area contributed by atoms with Crippen molar-refractivity contribution in [3.63, 3.8) is 0 Å². The van der Waals surface area contributed by atoms with Gasteiger partial charge in [0.05, 0.1) is 0 Å². The predicted octanol–water partition coefficient (Wildman–Crippen LogP) is 12.3. The maximum atomic E-state index is 7.79. The monoisotopic (exact) mass is 642 g/mol. The van der Waals surface area contributed by atoms with Crippen molar-refractivity contribution >= 4 is 32.3 Å². The van der Waals surface area contributed by atoms with E-state index >= 15 is 0 Å². The minimum absolute atomic E-state index is 0.273. The van der Waals surface area contributed by atoms with Crippen LogP contribution in [0.2, 0.25) is 0 Å². The molecule has 50 heavy (non-hydrogen) atoms. The molecule has 3 nitrogen and oxygen atoms in total. The van der Waals surface area contributed by atoms with Gasteiger partial charge in [-0.15, -0.1) is 0 Å². The van der Waals surface area contributed by atoms with Gasteiger partial charge < -0.3 is 0 Å². The van der Waals surface area contributed by atoms with Crippen LogP contribution in [0.4, 0.5) is 0 Å². The van der Waals surface area contributed by atoms with Gasteiger partial charge in [-0.3, -0.25) is 0 Å². The molecule has 0 N–H and O–H groups in total. The average Bonchev–Trinajstić information content (AvgIpc) is 3.21. The zero-order valence-corrected chi connectivity index (χ0v) is 27.4. The summed E-state index contributed by atoms with van der Waals surface area (Å²) in [6.07, 6.45) is 0. The number of fused-ring (bicyclic) bond motifs is 6. The Labute approximate surface area is 295 Å². The first kappa shape index (κ1) is 26.5. The van der Waals surface area contributed by atoms with E-state index in [4.69, 9.17) is 19.1 Å². The number of aryl methyl sites for hydroxylation is 2. The van der Waals surface area contributed by atoms with Gasteiger partial charge in [-0.05, 0) is 86.5 Å². The molecule has 9 aromatic rings. The Balaban J connectivity index is 1.12. The Morgan fingerprint density at radius 3 is 1.22 bits per heavy atom. The van der Waals surface area contributed by atoms with Crippen molar-refractivity contribution in [2.45, 2.75) is 13.8 Å². The summed E-state index contributed by atoms with van der Waals surface area (Å²) in [4.78, 5) is 14.7. The van der Waals surface area contributed by atoms with Crippen LogP contribution in [-0.2, 0) is 0 Å². The van der Waals surface area contributed by atoms with Gasteiger partial charge in [-0.1, -0.05) is 157 Å². The molecular formula is C47H33N3. The highest BCUT2D eigenvalue weighted by atomic mass is 15.0. The second-order valence-corrected chi connectivity index (χ2v) is 12.8. The molecule has 0 radical (unpaired) electrons. The maximum Gasteiger partial charge on any atom is 0.164 e. The Kier molecular flexibility index (Phi) is 6.47. The van der Waals surface area contributed by atoms with E-state index in [0.717, 1.165) is 44.5 Å². The molecule has 0 amide bonds. The minimum atomic E-state index is -2.19. The van der Waals surface area contributed by atoms with E-state index < -0.39 is 6.85 Å². The Hall–Kier alpha value is -6.45. The molecule has 0 spiro atoms. The smallest absolute Gasteiger partial charge is 0.164 e. The molecule has 8 aromatic carbocycles. The van der Waals surface area contributed by atoms with Crippen LogP contribution in [0.15, 0.2) is 164 Å². The highest BCUT2D eigenvalue weighted by Crippen LogP contribution is 2.38. The molecule has 0 fully saturated rings. The summed E-state index contributed by atoms with van der Waals surface area (Å²) in [5.74, 6) is 1.57. The Morgan fingerprint density at radius 2 is 0.700 bits per heavy atom. The number of aromatic nitrogens is 3. The van der Waals surface area contributed by atoms with Gasteiger partial charge in [-0.25, -0.2) is 15.0 Å². The Morgan fingerprint density at radius 1 is 0.320 bits per heavy atom. The first-order valence-corrected chi connectivity index (χ1v) is 16.8. The summed E-state index contributed by atoms with van der Waals surface area (Å²) in [7, 11) is 0. The minimum Gasteiger partial charge on any atom is -0.208 e. The fourth-order valence-electron chi connectivity index (χ4n) is 6.89. The van der Waals surface area contributed by atoms with Crippen molar-refractivity contribution < 1.29 is 4.11 Å². The van der Waals surface area contributed by atoms with Gasteiger partial charge in [0.15, 0.2) is 17.5 Å². The summed E-state index contributed by atoms with van der Waals surface area (Å²) < 4.78 is 23.4. The maximum absolute atomic E-state index is 7.79. The number of nitrogens with zero attached hydrogens (tertiary/aromatic N) is 3. The van der Waals surface area contributed by atoms with Crippen molar-refractivity contribution in [2.24, 2.45) is 0 Å². The number of rotatable bonds is 5. The molecule has 0 saturated heterocycles. The second-order valence-electron chi connectivity index (χ2n) is 12.8. The lowest BCUT2D eigenvalue weighted by Gasteiger charge is -2.13. The molecule has 0 aliphatic rings. The number of benzene rings is 8. The largest absolute Gasteiger partial charge is 0.208 e. The van der Waals surface area contributed by atoms with Gasteiger partial charge in [-0.2, -0.15) is 0 Å². The van der Waals surface area contributed by atoms with Crippen molar-refractivity contribution in [1.82, 2.24) is 15.0 Å². The first-order valence-electron chi connectivity index (χ1n) is 18.3. The van der Waals surface area contributed by atoms with Crippen LogP contribution in [0.5, 0.6) is 0 Å². The van der Waals surface area contributed by atoms with Gasteiger partial charge >= 0.3 is 0 Å². The molecule has 0 unspecified atom stereocenters. The third kappa shape index (κ3) is 5.39. The quantitative estimate of drug-likeness (QED) is 0.175. The van der Waals surface area contributed by atoms with Gasteiger partial charge in [0.1, 0.15) is 0 Å². The topological polar surface area (TPSA) is 38.7 Å². The highest BCUT2D eigenvalue weighted by Gasteiger charge is 2.14. The van der Waals surface area contributed by atoms with E-state index in [-0.39, 0.29) is 5.56 Å². The van der Waals surface area contributed by atoms with E-state index in [1.807, 2.05) is 43.3 Å². The SMILES string of the molecule is [2H]C([2H])([2H])c1ccc(-c2nc(-c3ccc(C)cc3)nc(-c3cccc(-c4cccc(-c5ccc6c7ccccc7c7ccccc7c6c5)c4)c3)n2)cc1. The molecule has 3 heteroatoms. The molecule has 0 bridgehead atoms. The second kappa shape index (κ2) is 12.2. The van der Waals surface area contributed by atoms with Crippen LogP contribution in [-0.4, -0.2) is 15.0 Å². The van der Waals surface area contributed by atoms with Crippen LogP contribution < -0.4 is 0 Å². The highest BCUT2D eigenvalue weighted by molar-refractivity contribution is 6.25. The van der Waals surface area contributed by atoms with Crippen LogP contribution in [0.3, 0.4) is 0 Å². The summed E-state index contributed by atoms with van der Waals surface area (Å²) in [5, 5.41) is 7.54. The number of hydrogen-bond donors (Lipinski definition) is 0. The molecule has 0 aliphatic carbocycles.